The van der Waals surface area contributed by atoms with E-state index in [0.29, 0.717) is 0 Å². The van der Waals surface area contributed by atoms with Crippen molar-refractivity contribution in [2.24, 2.45) is 0 Å². The first-order valence-corrected chi connectivity index (χ1v) is 5.54. The number of hydrogen-bond donors (Lipinski definition) is 1. The summed E-state index contributed by atoms with van der Waals surface area (Å²) in [6.07, 6.45) is 1.05. The Morgan fingerprint density at radius 2 is 1.56 bits per heavy atom. The van der Waals surface area contributed by atoms with Gasteiger partial charge in [-0.15, -0.1) is 0 Å². The van der Waals surface area contributed by atoms with E-state index in [1.54, 1.807) is 0 Å². The molecule has 0 saturated carbocycles. The second kappa shape index (κ2) is 5.36. The molecule has 0 unspecified atom stereocenters. The quantitative estimate of drug-likeness (QED) is 0.814. The van der Waals surface area contributed by atoms with E-state index in [1.165, 1.54) is 5.56 Å². The molecule has 0 fully saturated rings. The lowest BCUT2D eigenvalue weighted by molar-refractivity contribution is 1.02. The normalized spacial score (nSPS) is 10.1. The maximum atomic E-state index is 3.86. The first kappa shape index (κ1) is 10.7. The van der Waals surface area contributed by atoms with Crippen LogP contribution in [0.5, 0.6) is 0 Å². The van der Waals surface area contributed by atoms with Crippen molar-refractivity contribution >= 4 is 5.69 Å². The molecule has 0 aliphatic heterocycles. The number of anilines is 1. The summed E-state index contributed by atoms with van der Waals surface area (Å²) in [5.74, 6) is 0. The Morgan fingerprint density at radius 3 is 2.25 bits per heavy atom. The van der Waals surface area contributed by atoms with Gasteiger partial charge in [0.2, 0.25) is 0 Å². The van der Waals surface area contributed by atoms with Crippen LogP contribution in [0.3, 0.4) is 0 Å². The van der Waals surface area contributed by atoms with Gasteiger partial charge in [-0.2, -0.15) is 0 Å². The van der Waals surface area contributed by atoms with Crippen LogP contribution in [-0.4, -0.2) is 6.54 Å². The van der Waals surface area contributed by atoms with Gasteiger partial charge in [0, 0.05) is 12.2 Å². The van der Waals surface area contributed by atoms with E-state index in [0.717, 1.165) is 24.2 Å². The Balaban J connectivity index is 1.82. The molecule has 0 aliphatic rings. The van der Waals surface area contributed by atoms with Gasteiger partial charge in [0.25, 0.3) is 0 Å². The van der Waals surface area contributed by atoms with Gasteiger partial charge < -0.3 is 5.32 Å². The SMILES string of the molecule is [CH2]c1ccc(NCCc2ccccc2)cc1. The fourth-order valence-corrected chi connectivity index (χ4v) is 1.62. The Bertz CT molecular complexity index is 417. The third kappa shape index (κ3) is 3.13. The molecular weight excluding hydrogens is 194 g/mol. The molecule has 0 aliphatic carbocycles. The Labute approximate surface area is 97.1 Å². The molecule has 0 spiro atoms. The average molecular weight is 210 g/mol. The molecule has 0 atom stereocenters. The smallest absolute Gasteiger partial charge is 0.0340 e. The highest BCUT2D eigenvalue weighted by molar-refractivity contribution is 5.45. The summed E-state index contributed by atoms with van der Waals surface area (Å²) < 4.78 is 0. The molecule has 1 radical (unpaired) electrons. The zero-order valence-corrected chi connectivity index (χ0v) is 9.32. The van der Waals surface area contributed by atoms with Crippen LogP contribution in [0.4, 0.5) is 5.69 Å². The van der Waals surface area contributed by atoms with Crippen molar-refractivity contribution in [3.8, 4) is 0 Å². The largest absolute Gasteiger partial charge is 0.385 e. The topological polar surface area (TPSA) is 12.0 Å². The Kier molecular flexibility index (Phi) is 3.60. The van der Waals surface area contributed by atoms with E-state index in [9.17, 15) is 0 Å². The second-order valence-corrected chi connectivity index (χ2v) is 3.86. The molecule has 0 saturated heterocycles. The number of hydrogen-bond acceptors (Lipinski definition) is 1. The summed E-state index contributed by atoms with van der Waals surface area (Å²) in [5, 5.41) is 3.39. The molecule has 81 valence electrons. The average Bonchev–Trinajstić information content (AvgIpc) is 2.33. The fraction of sp³-hybridized carbons (Fsp3) is 0.133. The zero-order chi connectivity index (χ0) is 11.2. The van der Waals surface area contributed by atoms with E-state index in [2.05, 4.69) is 48.6 Å². The molecule has 0 heterocycles. The fourth-order valence-electron chi connectivity index (χ4n) is 1.62. The maximum Gasteiger partial charge on any atom is 0.0340 e. The Hall–Kier alpha value is -1.76. The van der Waals surface area contributed by atoms with Crippen LogP contribution >= 0.6 is 0 Å². The second-order valence-electron chi connectivity index (χ2n) is 3.86. The minimum atomic E-state index is 0.959. The molecule has 0 amide bonds. The summed E-state index contributed by atoms with van der Waals surface area (Å²) in [6.45, 7) is 4.82. The minimum absolute atomic E-state index is 0.959. The number of benzene rings is 2. The van der Waals surface area contributed by atoms with E-state index in [-0.39, 0.29) is 0 Å². The molecule has 1 heteroatoms. The van der Waals surface area contributed by atoms with Crippen molar-refractivity contribution in [1.82, 2.24) is 0 Å². The molecule has 0 bridgehead atoms. The first-order chi connectivity index (χ1) is 7.84. The van der Waals surface area contributed by atoms with Crippen molar-refractivity contribution in [3.63, 3.8) is 0 Å². The molecule has 1 N–H and O–H groups in total. The van der Waals surface area contributed by atoms with Crippen molar-refractivity contribution in [2.45, 2.75) is 6.42 Å². The van der Waals surface area contributed by atoms with Crippen molar-refractivity contribution in [1.29, 1.82) is 0 Å². The predicted octanol–water partition coefficient (Wildman–Crippen LogP) is 3.52. The summed E-state index contributed by atoms with van der Waals surface area (Å²) >= 11 is 0. The van der Waals surface area contributed by atoms with Crippen LogP contribution in [0, 0.1) is 6.92 Å². The van der Waals surface area contributed by atoms with Crippen molar-refractivity contribution < 1.29 is 0 Å². The zero-order valence-electron chi connectivity index (χ0n) is 9.32. The minimum Gasteiger partial charge on any atom is -0.385 e. The lowest BCUT2D eigenvalue weighted by Gasteiger charge is -2.06. The van der Waals surface area contributed by atoms with Crippen LogP contribution in [0.15, 0.2) is 54.6 Å². The van der Waals surface area contributed by atoms with Gasteiger partial charge >= 0.3 is 0 Å². The van der Waals surface area contributed by atoms with Crippen molar-refractivity contribution in [3.05, 3.63) is 72.6 Å². The van der Waals surface area contributed by atoms with Gasteiger partial charge in [-0.3, -0.25) is 0 Å². The van der Waals surface area contributed by atoms with Crippen LogP contribution in [0.25, 0.3) is 0 Å². The molecule has 1 nitrogen and oxygen atoms in total. The van der Waals surface area contributed by atoms with E-state index in [1.807, 2.05) is 18.2 Å². The lowest BCUT2D eigenvalue weighted by atomic mass is 10.1. The summed E-state index contributed by atoms with van der Waals surface area (Å²) in [4.78, 5) is 0. The summed E-state index contributed by atoms with van der Waals surface area (Å²) in [5.41, 5.74) is 3.57. The predicted molar refractivity (Wildman–Crippen MR) is 69.5 cm³/mol. The monoisotopic (exact) mass is 210 g/mol. The van der Waals surface area contributed by atoms with E-state index in [4.69, 9.17) is 0 Å². The molecule has 2 aromatic carbocycles. The maximum absolute atomic E-state index is 3.86. The van der Waals surface area contributed by atoms with Crippen LogP contribution < -0.4 is 5.32 Å². The highest BCUT2D eigenvalue weighted by Gasteiger charge is 1.93. The lowest BCUT2D eigenvalue weighted by Crippen LogP contribution is -2.04. The molecular formula is C15H16N. The van der Waals surface area contributed by atoms with Gasteiger partial charge in [-0.1, -0.05) is 42.5 Å². The van der Waals surface area contributed by atoms with Crippen LogP contribution in [-0.2, 0) is 6.42 Å². The summed E-state index contributed by atoms with van der Waals surface area (Å²) in [7, 11) is 0. The van der Waals surface area contributed by atoms with Gasteiger partial charge in [0.15, 0.2) is 0 Å². The third-order valence-corrected chi connectivity index (χ3v) is 2.54. The third-order valence-electron chi connectivity index (χ3n) is 2.54. The van der Waals surface area contributed by atoms with Crippen molar-refractivity contribution in [2.75, 3.05) is 11.9 Å². The van der Waals surface area contributed by atoms with E-state index >= 15 is 0 Å². The standard InChI is InChI=1S/C15H16N/c1-13-7-9-15(10-8-13)16-12-11-14-5-3-2-4-6-14/h2-10,16H,1,11-12H2. The highest BCUT2D eigenvalue weighted by atomic mass is 14.9. The highest BCUT2D eigenvalue weighted by Crippen LogP contribution is 2.08. The van der Waals surface area contributed by atoms with Crippen LogP contribution in [0.1, 0.15) is 11.1 Å². The first-order valence-electron chi connectivity index (χ1n) is 5.54. The molecule has 2 aromatic rings. The molecule has 0 aromatic heterocycles. The number of nitrogens with one attached hydrogen (secondary N) is 1. The van der Waals surface area contributed by atoms with Crippen LogP contribution in [0.2, 0.25) is 0 Å². The van der Waals surface area contributed by atoms with E-state index < -0.39 is 0 Å². The molecule has 16 heavy (non-hydrogen) atoms. The summed E-state index contributed by atoms with van der Waals surface area (Å²) in [6, 6.07) is 18.7. The number of rotatable bonds is 4. The molecule has 2 rings (SSSR count). The van der Waals surface area contributed by atoms with Gasteiger partial charge in [-0.25, -0.2) is 0 Å². The Morgan fingerprint density at radius 1 is 0.875 bits per heavy atom. The van der Waals surface area contributed by atoms with Gasteiger partial charge in [-0.05, 0) is 36.6 Å². The van der Waals surface area contributed by atoms with Gasteiger partial charge in [0.1, 0.15) is 0 Å². The van der Waals surface area contributed by atoms with Gasteiger partial charge in [0.05, 0.1) is 0 Å².